The minimum atomic E-state index is -0.615. The van der Waals surface area contributed by atoms with E-state index in [0.717, 1.165) is 11.3 Å². The molecule has 0 saturated carbocycles. The first-order chi connectivity index (χ1) is 14.0. The van der Waals surface area contributed by atoms with E-state index in [0.29, 0.717) is 17.1 Å². The number of nitrogens with two attached hydrogens (primary N) is 1. The van der Waals surface area contributed by atoms with Gasteiger partial charge in [-0.05, 0) is 41.5 Å². The maximum atomic E-state index is 12.3. The molecule has 0 aliphatic carbocycles. The fraction of sp³-hybridized carbons (Fsp3) is 0.190. The van der Waals surface area contributed by atoms with Gasteiger partial charge < -0.3 is 25.3 Å². The normalized spacial score (nSPS) is 10.6. The van der Waals surface area contributed by atoms with Crippen molar-refractivity contribution in [1.29, 1.82) is 5.26 Å². The van der Waals surface area contributed by atoms with Crippen LogP contribution in [0.1, 0.15) is 11.1 Å². The number of nitrogens with zero attached hydrogens (tertiary/aromatic N) is 1. The van der Waals surface area contributed by atoms with Gasteiger partial charge in [-0.1, -0.05) is 18.2 Å². The van der Waals surface area contributed by atoms with Crippen LogP contribution in [0.15, 0.2) is 48.0 Å². The highest BCUT2D eigenvalue weighted by molar-refractivity contribution is 6.01. The number of carbonyl (C=O) groups excluding carboxylic acids is 2. The molecule has 3 N–H and O–H groups in total. The molecule has 0 bridgehead atoms. The molecule has 29 heavy (non-hydrogen) atoms. The van der Waals surface area contributed by atoms with Gasteiger partial charge in [0.25, 0.3) is 11.8 Å². The number of methoxy groups -OCH3 is 2. The molecular formula is C21H21N3O5. The van der Waals surface area contributed by atoms with Crippen molar-refractivity contribution in [1.82, 2.24) is 5.32 Å². The lowest BCUT2D eigenvalue weighted by Gasteiger charge is -2.10. The number of hydrogen-bond donors (Lipinski definition) is 2. The van der Waals surface area contributed by atoms with E-state index >= 15 is 0 Å². The van der Waals surface area contributed by atoms with Crippen LogP contribution in [-0.4, -0.2) is 32.6 Å². The molecule has 2 amide bonds. The molecule has 150 valence electrons. The van der Waals surface area contributed by atoms with Gasteiger partial charge in [0.1, 0.15) is 17.4 Å². The summed E-state index contributed by atoms with van der Waals surface area (Å²) in [4.78, 5) is 23.2. The first-order valence-corrected chi connectivity index (χ1v) is 8.59. The molecule has 8 nitrogen and oxygen atoms in total. The Labute approximate surface area is 168 Å². The third-order valence-corrected chi connectivity index (χ3v) is 3.85. The summed E-state index contributed by atoms with van der Waals surface area (Å²) in [7, 11) is 3.01. The van der Waals surface area contributed by atoms with Crippen LogP contribution in [0.25, 0.3) is 6.08 Å². The smallest absolute Gasteiger partial charge is 0.262 e. The van der Waals surface area contributed by atoms with Gasteiger partial charge in [0.05, 0.1) is 14.2 Å². The van der Waals surface area contributed by atoms with Crippen molar-refractivity contribution in [2.24, 2.45) is 5.73 Å². The summed E-state index contributed by atoms with van der Waals surface area (Å²) < 4.78 is 15.6. The van der Waals surface area contributed by atoms with Crippen LogP contribution in [-0.2, 0) is 16.1 Å². The summed E-state index contributed by atoms with van der Waals surface area (Å²) in [6.07, 6.45) is 1.43. The highest BCUT2D eigenvalue weighted by Crippen LogP contribution is 2.29. The number of nitriles is 1. The van der Waals surface area contributed by atoms with Gasteiger partial charge in [0, 0.05) is 6.54 Å². The van der Waals surface area contributed by atoms with Gasteiger partial charge in [-0.25, -0.2) is 0 Å². The van der Waals surface area contributed by atoms with Crippen molar-refractivity contribution in [2.75, 3.05) is 20.8 Å². The second kappa shape index (κ2) is 10.4. The Bertz CT molecular complexity index is 946. The van der Waals surface area contributed by atoms with E-state index in [4.69, 9.17) is 19.9 Å². The molecule has 0 unspecified atom stereocenters. The molecule has 0 heterocycles. The number of carbonyl (C=O) groups is 2. The monoisotopic (exact) mass is 395 g/mol. The standard InChI is InChI=1S/C21H21N3O5/c1-27-17-6-3-14(4-7-17)12-24-21(26)16(11-22)9-15-5-8-18(19(10-15)28-2)29-13-20(23)25/h3-10H,12-13H2,1-2H3,(H2,23,25)(H,24,26)/b16-9-. The quantitative estimate of drug-likeness (QED) is 0.493. The van der Waals surface area contributed by atoms with Crippen LogP contribution in [0.3, 0.4) is 0 Å². The number of benzene rings is 2. The lowest BCUT2D eigenvalue weighted by atomic mass is 10.1. The van der Waals surface area contributed by atoms with Crippen molar-refractivity contribution in [2.45, 2.75) is 6.54 Å². The molecule has 2 aromatic rings. The molecule has 0 aliphatic heterocycles. The Morgan fingerprint density at radius 2 is 1.83 bits per heavy atom. The van der Waals surface area contributed by atoms with Gasteiger partial charge in [-0.3, -0.25) is 9.59 Å². The molecule has 2 aromatic carbocycles. The highest BCUT2D eigenvalue weighted by atomic mass is 16.5. The average molecular weight is 395 g/mol. The number of hydrogen-bond acceptors (Lipinski definition) is 6. The number of rotatable bonds is 9. The van der Waals surface area contributed by atoms with E-state index in [1.807, 2.05) is 18.2 Å². The predicted molar refractivity (Wildman–Crippen MR) is 106 cm³/mol. The summed E-state index contributed by atoms with van der Waals surface area (Å²) >= 11 is 0. The number of amides is 2. The molecule has 0 spiro atoms. The minimum absolute atomic E-state index is 0.0635. The average Bonchev–Trinajstić information content (AvgIpc) is 2.74. The van der Waals surface area contributed by atoms with Gasteiger partial charge in [-0.2, -0.15) is 5.26 Å². The minimum Gasteiger partial charge on any atom is -0.497 e. The third-order valence-electron chi connectivity index (χ3n) is 3.85. The van der Waals surface area contributed by atoms with Crippen LogP contribution in [0.2, 0.25) is 0 Å². The molecule has 8 heteroatoms. The van der Waals surface area contributed by atoms with Crippen LogP contribution in [0, 0.1) is 11.3 Å². The summed E-state index contributed by atoms with van der Waals surface area (Å²) in [5, 5.41) is 12.0. The van der Waals surface area contributed by atoms with Crippen LogP contribution < -0.4 is 25.3 Å². The van der Waals surface area contributed by atoms with Gasteiger partial charge in [0.2, 0.25) is 0 Å². The summed E-state index contributed by atoms with van der Waals surface area (Å²) in [5.74, 6) is 0.268. The van der Waals surface area contributed by atoms with Crippen molar-refractivity contribution in [3.63, 3.8) is 0 Å². The van der Waals surface area contributed by atoms with E-state index in [2.05, 4.69) is 5.32 Å². The largest absolute Gasteiger partial charge is 0.497 e. The molecule has 0 aliphatic rings. The van der Waals surface area contributed by atoms with E-state index < -0.39 is 11.8 Å². The van der Waals surface area contributed by atoms with Crippen LogP contribution in [0.5, 0.6) is 17.2 Å². The first-order valence-electron chi connectivity index (χ1n) is 8.59. The van der Waals surface area contributed by atoms with Crippen LogP contribution >= 0.6 is 0 Å². The second-order valence-electron chi connectivity index (χ2n) is 5.87. The van der Waals surface area contributed by atoms with E-state index in [9.17, 15) is 14.9 Å². The van der Waals surface area contributed by atoms with Gasteiger partial charge >= 0.3 is 0 Å². The van der Waals surface area contributed by atoms with E-state index in [1.54, 1.807) is 37.4 Å². The Morgan fingerprint density at radius 3 is 2.41 bits per heavy atom. The maximum absolute atomic E-state index is 12.3. The first kappa shape index (κ1) is 21.3. The molecule has 0 radical (unpaired) electrons. The highest BCUT2D eigenvalue weighted by Gasteiger charge is 2.11. The molecule has 0 saturated heterocycles. The zero-order valence-electron chi connectivity index (χ0n) is 16.1. The van der Waals surface area contributed by atoms with Crippen molar-refractivity contribution >= 4 is 17.9 Å². The van der Waals surface area contributed by atoms with Crippen molar-refractivity contribution in [3.8, 4) is 23.3 Å². The topological polar surface area (TPSA) is 124 Å². The molecule has 0 fully saturated rings. The zero-order chi connectivity index (χ0) is 21.2. The lowest BCUT2D eigenvalue weighted by molar-refractivity contribution is -0.120. The fourth-order valence-electron chi connectivity index (χ4n) is 2.38. The summed E-state index contributed by atoms with van der Waals surface area (Å²) in [6.45, 7) is -0.0200. The van der Waals surface area contributed by atoms with Crippen LogP contribution in [0.4, 0.5) is 0 Å². The zero-order valence-corrected chi connectivity index (χ0v) is 16.1. The SMILES string of the molecule is COc1ccc(CNC(=O)/C(C#N)=C\c2ccc(OCC(N)=O)c(OC)c2)cc1. The van der Waals surface area contributed by atoms with Gasteiger partial charge in [0.15, 0.2) is 18.1 Å². The number of ether oxygens (including phenoxy) is 3. The fourth-order valence-corrected chi connectivity index (χ4v) is 2.38. The predicted octanol–water partition coefficient (Wildman–Crippen LogP) is 1.79. The Morgan fingerprint density at radius 1 is 1.10 bits per heavy atom. The Hall–Kier alpha value is -3.99. The van der Waals surface area contributed by atoms with Gasteiger partial charge in [-0.15, -0.1) is 0 Å². The third kappa shape index (κ3) is 6.29. The molecule has 0 aromatic heterocycles. The molecule has 2 rings (SSSR count). The Kier molecular flexibility index (Phi) is 7.62. The number of nitrogens with one attached hydrogen (secondary N) is 1. The maximum Gasteiger partial charge on any atom is 0.262 e. The lowest BCUT2D eigenvalue weighted by Crippen LogP contribution is -2.23. The van der Waals surface area contributed by atoms with E-state index in [-0.39, 0.29) is 18.7 Å². The summed E-state index contributed by atoms with van der Waals surface area (Å²) in [6, 6.07) is 13.9. The van der Waals surface area contributed by atoms with Crippen molar-refractivity contribution < 1.29 is 23.8 Å². The Balaban J connectivity index is 2.09. The second-order valence-corrected chi connectivity index (χ2v) is 5.87. The molecule has 0 atom stereocenters. The van der Waals surface area contributed by atoms with E-state index in [1.165, 1.54) is 13.2 Å². The van der Waals surface area contributed by atoms with Crippen molar-refractivity contribution in [3.05, 3.63) is 59.2 Å². The summed E-state index contributed by atoms with van der Waals surface area (Å²) in [5.41, 5.74) is 6.43. The number of primary amides is 1. The molecular weight excluding hydrogens is 374 g/mol.